The molecule has 1 aliphatic heterocycles. The first kappa shape index (κ1) is 11.8. The Bertz CT molecular complexity index is 856. The van der Waals surface area contributed by atoms with Gasteiger partial charge in [-0.05, 0) is 24.3 Å². The molecular formula is C15H9ClN2OS. The van der Waals surface area contributed by atoms with E-state index in [2.05, 4.69) is 10.6 Å². The van der Waals surface area contributed by atoms with Gasteiger partial charge in [-0.3, -0.25) is 4.79 Å². The second-order valence-electron chi connectivity index (χ2n) is 4.57. The van der Waals surface area contributed by atoms with Crippen molar-refractivity contribution in [1.29, 1.82) is 0 Å². The van der Waals surface area contributed by atoms with Crippen molar-refractivity contribution in [1.82, 2.24) is 0 Å². The predicted octanol–water partition coefficient (Wildman–Crippen LogP) is 4.86. The topological polar surface area (TPSA) is 41.1 Å². The molecule has 0 unspecified atom stereocenters. The van der Waals surface area contributed by atoms with E-state index in [0.717, 1.165) is 26.5 Å². The van der Waals surface area contributed by atoms with E-state index >= 15 is 0 Å². The van der Waals surface area contributed by atoms with Gasteiger partial charge in [0.05, 0.1) is 16.9 Å². The molecule has 0 radical (unpaired) electrons. The van der Waals surface area contributed by atoms with Crippen molar-refractivity contribution in [3.63, 3.8) is 0 Å². The maximum absolute atomic E-state index is 12.5. The number of amides is 1. The molecular weight excluding hydrogens is 292 g/mol. The number of nitrogens with one attached hydrogen (secondary N) is 2. The lowest BCUT2D eigenvalue weighted by molar-refractivity contribution is 0.103. The first-order valence-electron chi connectivity index (χ1n) is 6.12. The molecule has 0 aliphatic carbocycles. The van der Waals surface area contributed by atoms with Crippen LogP contribution in [-0.2, 0) is 0 Å². The van der Waals surface area contributed by atoms with E-state index in [4.69, 9.17) is 11.6 Å². The Morgan fingerprint density at radius 1 is 1.00 bits per heavy atom. The molecule has 0 atom stereocenters. The van der Waals surface area contributed by atoms with E-state index in [1.165, 1.54) is 0 Å². The molecule has 1 aromatic heterocycles. The summed E-state index contributed by atoms with van der Waals surface area (Å²) in [6.07, 6.45) is 0. The number of hydrogen-bond donors (Lipinski definition) is 2. The predicted molar refractivity (Wildman–Crippen MR) is 84.5 cm³/mol. The molecule has 0 saturated carbocycles. The molecule has 2 N–H and O–H groups in total. The highest BCUT2D eigenvalue weighted by Crippen LogP contribution is 2.41. The van der Waals surface area contributed by atoms with E-state index in [0.29, 0.717) is 10.6 Å². The number of anilines is 3. The van der Waals surface area contributed by atoms with Gasteiger partial charge in [0.25, 0.3) is 5.91 Å². The molecule has 98 valence electrons. The molecule has 0 saturated heterocycles. The molecule has 4 rings (SSSR count). The summed E-state index contributed by atoms with van der Waals surface area (Å²) in [5, 5.41) is 8.70. The number of benzene rings is 2. The number of hydrogen-bond acceptors (Lipinski definition) is 3. The average molecular weight is 301 g/mol. The third kappa shape index (κ3) is 1.69. The van der Waals surface area contributed by atoms with Gasteiger partial charge in [0, 0.05) is 15.1 Å². The van der Waals surface area contributed by atoms with Crippen LogP contribution in [0.4, 0.5) is 16.4 Å². The maximum Gasteiger partial charge on any atom is 0.259 e. The van der Waals surface area contributed by atoms with Crippen molar-refractivity contribution in [2.45, 2.75) is 0 Å². The molecule has 20 heavy (non-hydrogen) atoms. The summed E-state index contributed by atoms with van der Waals surface area (Å²) in [4.78, 5) is 12.5. The summed E-state index contributed by atoms with van der Waals surface area (Å²) in [6, 6.07) is 13.3. The fraction of sp³-hybridized carbons (Fsp3) is 0. The Kier molecular flexibility index (Phi) is 2.49. The zero-order valence-electron chi connectivity index (χ0n) is 10.2. The molecule has 1 amide bonds. The van der Waals surface area contributed by atoms with Crippen LogP contribution >= 0.6 is 22.9 Å². The van der Waals surface area contributed by atoms with Crippen LogP contribution in [0.2, 0.25) is 5.02 Å². The van der Waals surface area contributed by atoms with Crippen LogP contribution in [0.3, 0.4) is 0 Å². The van der Waals surface area contributed by atoms with Gasteiger partial charge in [0.15, 0.2) is 0 Å². The van der Waals surface area contributed by atoms with Crippen LogP contribution in [0.1, 0.15) is 10.4 Å². The third-order valence-corrected chi connectivity index (χ3v) is 4.62. The Hall–Kier alpha value is -2.04. The minimum Gasteiger partial charge on any atom is -0.345 e. The smallest absolute Gasteiger partial charge is 0.259 e. The van der Waals surface area contributed by atoms with Crippen LogP contribution in [0.25, 0.3) is 10.1 Å². The van der Waals surface area contributed by atoms with Crippen LogP contribution in [0.5, 0.6) is 0 Å². The van der Waals surface area contributed by atoms with Crippen molar-refractivity contribution in [3.8, 4) is 0 Å². The summed E-state index contributed by atoms with van der Waals surface area (Å²) in [5.41, 5.74) is 2.25. The number of rotatable bonds is 0. The lowest BCUT2D eigenvalue weighted by atomic mass is 10.1. The first-order chi connectivity index (χ1) is 9.72. The lowest BCUT2D eigenvalue weighted by Gasteiger charge is -2.07. The molecule has 0 bridgehead atoms. The van der Waals surface area contributed by atoms with Gasteiger partial charge in [-0.15, -0.1) is 11.3 Å². The molecule has 2 aromatic carbocycles. The number of carbonyl (C=O) groups is 1. The Morgan fingerprint density at radius 3 is 2.75 bits per heavy atom. The Labute approximate surface area is 124 Å². The Morgan fingerprint density at radius 2 is 1.85 bits per heavy atom. The molecule has 0 spiro atoms. The third-order valence-electron chi connectivity index (χ3n) is 3.30. The van der Waals surface area contributed by atoms with Gasteiger partial charge in [0.1, 0.15) is 5.00 Å². The highest BCUT2D eigenvalue weighted by Gasteiger charge is 2.23. The molecule has 3 aromatic rings. The monoisotopic (exact) mass is 300 g/mol. The highest BCUT2D eigenvalue weighted by molar-refractivity contribution is 7.23. The highest BCUT2D eigenvalue weighted by atomic mass is 35.5. The molecule has 1 aliphatic rings. The summed E-state index contributed by atoms with van der Waals surface area (Å²) >= 11 is 7.59. The van der Waals surface area contributed by atoms with Crippen molar-refractivity contribution < 1.29 is 4.79 Å². The summed E-state index contributed by atoms with van der Waals surface area (Å²) in [5.74, 6) is -0.0916. The van der Waals surface area contributed by atoms with Crippen LogP contribution < -0.4 is 10.6 Å². The SMILES string of the molecule is O=C1Nc2ccc(Cl)cc2Nc2sc3ccccc3c21. The molecule has 0 fully saturated rings. The number of thiophene rings is 1. The molecule has 2 heterocycles. The number of halogens is 1. The van der Waals surface area contributed by atoms with Gasteiger partial charge < -0.3 is 10.6 Å². The van der Waals surface area contributed by atoms with E-state index in [9.17, 15) is 4.79 Å². The van der Waals surface area contributed by atoms with Crippen molar-refractivity contribution in [2.24, 2.45) is 0 Å². The zero-order valence-corrected chi connectivity index (χ0v) is 11.8. The van der Waals surface area contributed by atoms with Gasteiger partial charge in [-0.1, -0.05) is 29.8 Å². The molecule has 5 heteroatoms. The van der Waals surface area contributed by atoms with Gasteiger partial charge >= 0.3 is 0 Å². The summed E-state index contributed by atoms with van der Waals surface area (Å²) in [7, 11) is 0. The fourth-order valence-electron chi connectivity index (χ4n) is 2.39. The largest absolute Gasteiger partial charge is 0.345 e. The van der Waals surface area contributed by atoms with Gasteiger partial charge in [0.2, 0.25) is 0 Å². The van der Waals surface area contributed by atoms with E-state index < -0.39 is 0 Å². The zero-order chi connectivity index (χ0) is 13.7. The van der Waals surface area contributed by atoms with E-state index in [1.54, 1.807) is 23.5 Å². The quantitative estimate of drug-likeness (QED) is 0.622. The number of carbonyl (C=O) groups excluding carboxylic acids is 1. The minimum absolute atomic E-state index is 0.0916. The molecule has 3 nitrogen and oxygen atoms in total. The van der Waals surface area contributed by atoms with E-state index in [-0.39, 0.29) is 5.91 Å². The summed E-state index contributed by atoms with van der Waals surface area (Å²) in [6.45, 7) is 0. The van der Waals surface area contributed by atoms with Crippen LogP contribution in [0.15, 0.2) is 42.5 Å². The Balaban J connectivity index is 1.98. The number of fused-ring (bicyclic) bond motifs is 4. The maximum atomic E-state index is 12.5. The van der Waals surface area contributed by atoms with Gasteiger partial charge in [-0.2, -0.15) is 0 Å². The van der Waals surface area contributed by atoms with Crippen molar-refractivity contribution in [2.75, 3.05) is 10.6 Å². The minimum atomic E-state index is -0.0916. The lowest BCUT2D eigenvalue weighted by Crippen LogP contribution is -2.10. The fourth-order valence-corrected chi connectivity index (χ4v) is 3.68. The van der Waals surface area contributed by atoms with Crippen LogP contribution in [0, 0.1) is 0 Å². The second kappa shape index (κ2) is 4.23. The average Bonchev–Trinajstić information content (AvgIpc) is 2.73. The normalized spacial score (nSPS) is 13.2. The second-order valence-corrected chi connectivity index (χ2v) is 6.06. The van der Waals surface area contributed by atoms with Crippen LogP contribution in [-0.4, -0.2) is 5.91 Å². The summed E-state index contributed by atoms with van der Waals surface area (Å²) < 4.78 is 1.09. The first-order valence-corrected chi connectivity index (χ1v) is 7.31. The van der Waals surface area contributed by atoms with Crippen molar-refractivity contribution in [3.05, 3.63) is 53.1 Å². The van der Waals surface area contributed by atoms with Crippen molar-refractivity contribution >= 4 is 55.3 Å². The van der Waals surface area contributed by atoms with E-state index in [1.807, 2.05) is 30.3 Å². The standard InChI is InChI=1S/C15H9ClN2OS/c16-8-5-6-10-11(7-8)18-15-13(14(19)17-10)9-3-1-2-4-12(9)20-15/h1-7,18H,(H,17,19). The van der Waals surface area contributed by atoms with Gasteiger partial charge in [-0.25, -0.2) is 0 Å².